The van der Waals surface area contributed by atoms with Gasteiger partial charge in [0.2, 0.25) is 0 Å². The van der Waals surface area contributed by atoms with E-state index in [1.165, 1.54) is 18.2 Å². The average molecular weight is 272 g/mol. The number of rotatable bonds is 3. The van der Waals surface area contributed by atoms with Gasteiger partial charge in [0.25, 0.3) is 0 Å². The Morgan fingerprint density at radius 2 is 2.07 bits per heavy atom. The first-order chi connectivity index (χ1) is 7.10. The molecule has 0 aliphatic rings. The molecule has 0 amide bonds. The Morgan fingerprint density at radius 3 is 2.53 bits per heavy atom. The van der Waals surface area contributed by atoms with Gasteiger partial charge < -0.3 is 15.3 Å². The molecule has 2 unspecified atom stereocenters. The third-order valence-electron chi connectivity index (χ3n) is 2.01. The van der Waals surface area contributed by atoms with Gasteiger partial charge in [0.1, 0.15) is 17.9 Å². The van der Waals surface area contributed by atoms with E-state index in [0.29, 0.717) is 5.56 Å². The number of halogens is 1. The molecule has 0 aliphatic heterocycles. The molecular weight excluding hydrogens is 262 g/mol. The predicted molar refractivity (Wildman–Crippen MR) is 57.6 cm³/mol. The number of aliphatic hydroxyl groups is 2. The van der Waals surface area contributed by atoms with Crippen LogP contribution in [0, 0.1) is 11.3 Å². The molecule has 4 nitrogen and oxygen atoms in total. The third-order valence-corrected chi connectivity index (χ3v) is 2.67. The van der Waals surface area contributed by atoms with Crippen molar-refractivity contribution in [2.75, 3.05) is 5.33 Å². The standard InChI is InChI=1S/C10H10BrNO3/c11-4-9(14)10(15)6-1-2-7(5-12)8(13)3-6/h1-3,9-10,13-15H,4H2. The third kappa shape index (κ3) is 2.69. The second-order valence-electron chi connectivity index (χ2n) is 3.05. The highest BCUT2D eigenvalue weighted by atomic mass is 79.9. The molecule has 0 spiro atoms. The molecule has 15 heavy (non-hydrogen) atoms. The van der Waals surface area contributed by atoms with Crippen LogP contribution < -0.4 is 0 Å². The number of hydrogen-bond donors (Lipinski definition) is 3. The van der Waals surface area contributed by atoms with Crippen LogP contribution in [0.15, 0.2) is 18.2 Å². The van der Waals surface area contributed by atoms with Crippen molar-refractivity contribution in [3.8, 4) is 11.8 Å². The predicted octanol–water partition coefficient (Wildman–Crippen LogP) is 1.05. The molecule has 2 atom stereocenters. The molecule has 0 saturated heterocycles. The van der Waals surface area contributed by atoms with Crippen molar-refractivity contribution in [1.29, 1.82) is 5.26 Å². The lowest BCUT2D eigenvalue weighted by Crippen LogP contribution is -2.19. The topological polar surface area (TPSA) is 84.5 Å². The molecule has 80 valence electrons. The van der Waals surface area contributed by atoms with Gasteiger partial charge in [-0.3, -0.25) is 0 Å². The molecule has 0 radical (unpaired) electrons. The molecule has 0 bridgehead atoms. The van der Waals surface area contributed by atoms with Crippen LogP contribution in [0.25, 0.3) is 0 Å². The van der Waals surface area contributed by atoms with Crippen molar-refractivity contribution in [2.45, 2.75) is 12.2 Å². The minimum Gasteiger partial charge on any atom is -0.507 e. The number of benzene rings is 1. The highest BCUT2D eigenvalue weighted by molar-refractivity contribution is 9.09. The molecule has 0 saturated carbocycles. The molecule has 0 aliphatic carbocycles. The quantitative estimate of drug-likeness (QED) is 0.718. The Morgan fingerprint density at radius 1 is 1.40 bits per heavy atom. The van der Waals surface area contributed by atoms with Crippen LogP contribution in [0.1, 0.15) is 17.2 Å². The molecule has 0 heterocycles. The van der Waals surface area contributed by atoms with Gasteiger partial charge in [0.15, 0.2) is 0 Å². The largest absolute Gasteiger partial charge is 0.507 e. The fourth-order valence-corrected chi connectivity index (χ4v) is 1.49. The lowest BCUT2D eigenvalue weighted by Gasteiger charge is -2.16. The summed E-state index contributed by atoms with van der Waals surface area (Å²) in [6.45, 7) is 0. The summed E-state index contributed by atoms with van der Waals surface area (Å²) in [5.41, 5.74) is 0.512. The van der Waals surface area contributed by atoms with Crippen molar-refractivity contribution in [2.24, 2.45) is 0 Å². The molecule has 3 N–H and O–H groups in total. The van der Waals surface area contributed by atoms with Crippen LogP contribution in [-0.2, 0) is 0 Å². The van der Waals surface area contributed by atoms with Gasteiger partial charge in [0.05, 0.1) is 11.7 Å². The van der Waals surface area contributed by atoms with Gasteiger partial charge >= 0.3 is 0 Å². The van der Waals surface area contributed by atoms with Gasteiger partial charge in [-0.1, -0.05) is 22.0 Å². The molecular formula is C10H10BrNO3. The molecule has 1 aromatic rings. The van der Waals surface area contributed by atoms with Crippen molar-refractivity contribution in [1.82, 2.24) is 0 Å². The van der Waals surface area contributed by atoms with Gasteiger partial charge in [-0.25, -0.2) is 0 Å². The van der Waals surface area contributed by atoms with E-state index in [4.69, 9.17) is 5.26 Å². The second-order valence-corrected chi connectivity index (χ2v) is 3.70. The van der Waals surface area contributed by atoms with E-state index in [1.807, 2.05) is 0 Å². The molecule has 0 fully saturated rings. The van der Waals surface area contributed by atoms with Crippen molar-refractivity contribution < 1.29 is 15.3 Å². The van der Waals surface area contributed by atoms with E-state index >= 15 is 0 Å². The van der Waals surface area contributed by atoms with E-state index in [2.05, 4.69) is 15.9 Å². The number of phenols is 1. The smallest absolute Gasteiger partial charge is 0.133 e. The number of phenolic OH excluding ortho intramolecular Hbond substituents is 1. The van der Waals surface area contributed by atoms with E-state index < -0.39 is 12.2 Å². The maximum atomic E-state index is 9.60. The van der Waals surface area contributed by atoms with Gasteiger partial charge in [0, 0.05) is 5.33 Å². The number of aliphatic hydroxyl groups excluding tert-OH is 2. The first-order valence-corrected chi connectivity index (χ1v) is 5.37. The van der Waals surface area contributed by atoms with Crippen LogP contribution in [0.2, 0.25) is 0 Å². The molecule has 1 rings (SSSR count). The number of alkyl halides is 1. The Labute approximate surface area is 95.5 Å². The SMILES string of the molecule is N#Cc1ccc(C(O)C(O)CBr)cc1O. The number of aromatic hydroxyl groups is 1. The highest BCUT2D eigenvalue weighted by Gasteiger charge is 2.18. The van der Waals surface area contributed by atoms with E-state index in [-0.39, 0.29) is 16.6 Å². The van der Waals surface area contributed by atoms with Gasteiger partial charge in [-0.05, 0) is 17.7 Å². The summed E-state index contributed by atoms with van der Waals surface area (Å²) in [4.78, 5) is 0. The first-order valence-electron chi connectivity index (χ1n) is 4.25. The molecule has 1 aromatic carbocycles. The van der Waals surface area contributed by atoms with E-state index in [1.54, 1.807) is 6.07 Å². The lowest BCUT2D eigenvalue weighted by atomic mass is 10.0. The Hall–Kier alpha value is -1.09. The Kier molecular flexibility index (Phi) is 4.09. The second kappa shape index (κ2) is 5.12. The summed E-state index contributed by atoms with van der Waals surface area (Å²) in [7, 11) is 0. The van der Waals surface area contributed by atoms with Crippen LogP contribution in [0.5, 0.6) is 5.75 Å². The lowest BCUT2D eigenvalue weighted by molar-refractivity contribution is 0.0341. The first kappa shape index (κ1) is 12.0. The van der Waals surface area contributed by atoms with Crippen molar-refractivity contribution in [3.05, 3.63) is 29.3 Å². The highest BCUT2D eigenvalue weighted by Crippen LogP contribution is 2.24. The minimum atomic E-state index is -1.08. The van der Waals surface area contributed by atoms with Crippen molar-refractivity contribution in [3.63, 3.8) is 0 Å². The average Bonchev–Trinajstić information content (AvgIpc) is 2.26. The number of nitrogens with zero attached hydrogens (tertiary/aromatic N) is 1. The summed E-state index contributed by atoms with van der Waals surface area (Å²) in [5.74, 6) is -0.198. The van der Waals surface area contributed by atoms with E-state index in [9.17, 15) is 15.3 Å². The zero-order chi connectivity index (χ0) is 11.4. The molecule has 5 heteroatoms. The maximum Gasteiger partial charge on any atom is 0.133 e. The van der Waals surface area contributed by atoms with Crippen LogP contribution >= 0.6 is 15.9 Å². The maximum absolute atomic E-state index is 9.60. The normalized spacial score (nSPS) is 14.3. The fourth-order valence-electron chi connectivity index (χ4n) is 1.13. The fraction of sp³-hybridized carbons (Fsp3) is 0.300. The van der Waals surface area contributed by atoms with Crippen LogP contribution in [-0.4, -0.2) is 26.8 Å². The Balaban J connectivity index is 2.98. The summed E-state index contributed by atoms with van der Waals surface area (Å²) in [6, 6.07) is 5.97. The van der Waals surface area contributed by atoms with Crippen LogP contribution in [0.4, 0.5) is 0 Å². The summed E-state index contributed by atoms with van der Waals surface area (Å²) in [6.07, 6.45) is -2.03. The minimum absolute atomic E-state index is 0.138. The van der Waals surface area contributed by atoms with Crippen molar-refractivity contribution >= 4 is 15.9 Å². The summed E-state index contributed by atoms with van der Waals surface area (Å²) >= 11 is 3.03. The van der Waals surface area contributed by atoms with Crippen LogP contribution in [0.3, 0.4) is 0 Å². The van der Waals surface area contributed by atoms with E-state index in [0.717, 1.165) is 0 Å². The zero-order valence-electron chi connectivity index (χ0n) is 7.76. The Bertz CT molecular complexity index is 389. The van der Waals surface area contributed by atoms with Gasteiger partial charge in [-0.15, -0.1) is 0 Å². The monoisotopic (exact) mass is 271 g/mol. The summed E-state index contributed by atoms with van der Waals surface area (Å²) < 4.78 is 0. The number of nitriles is 1. The summed E-state index contributed by atoms with van der Waals surface area (Å²) in [5, 5.41) is 37.1. The van der Waals surface area contributed by atoms with Gasteiger partial charge in [-0.2, -0.15) is 5.26 Å². The zero-order valence-corrected chi connectivity index (χ0v) is 9.35. The number of hydrogen-bond acceptors (Lipinski definition) is 4. The molecule has 0 aromatic heterocycles.